The van der Waals surface area contributed by atoms with Crippen LogP contribution in [0.5, 0.6) is 0 Å². The van der Waals surface area contributed by atoms with E-state index in [0.29, 0.717) is 6.10 Å². The van der Waals surface area contributed by atoms with E-state index in [2.05, 4.69) is 63.7 Å². The maximum Gasteiger partial charge on any atom is 0.216 e. The first-order valence-corrected chi connectivity index (χ1v) is 8.94. The predicted octanol–water partition coefficient (Wildman–Crippen LogP) is 4.65. The van der Waals surface area contributed by atoms with Crippen molar-refractivity contribution in [3.8, 4) is 0 Å². The third kappa shape index (κ3) is 4.48. The SMILES string of the molecule is CC[Si](C=Cc1ccccc1)(CC)OC(C)C. The van der Waals surface area contributed by atoms with Crippen LogP contribution in [-0.4, -0.2) is 14.4 Å². The lowest BCUT2D eigenvalue weighted by molar-refractivity contribution is 0.232. The van der Waals surface area contributed by atoms with Crippen LogP contribution < -0.4 is 0 Å². The summed E-state index contributed by atoms with van der Waals surface area (Å²) in [4.78, 5) is 0. The minimum Gasteiger partial charge on any atom is -0.411 e. The van der Waals surface area contributed by atoms with Crippen molar-refractivity contribution in [3.05, 3.63) is 41.6 Å². The molecule has 0 aromatic heterocycles. The largest absolute Gasteiger partial charge is 0.411 e. The molecule has 0 spiro atoms. The van der Waals surface area contributed by atoms with E-state index in [-0.39, 0.29) is 0 Å². The fourth-order valence-corrected chi connectivity index (χ4v) is 4.79. The Hall–Kier alpha value is -0.863. The van der Waals surface area contributed by atoms with Crippen LogP contribution in [0.2, 0.25) is 12.1 Å². The number of benzene rings is 1. The Bertz CT molecular complexity index is 339. The lowest BCUT2D eigenvalue weighted by atomic mass is 10.2. The van der Waals surface area contributed by atoms with Crippen LogP contribution in [0, 0.1) is 0 Å². The lowest BCUT2D eigenvalue weighted by Crippen LogP contribution is -2.37. The van der Waals surface area contributed by atoms with Gasteiger partial charge in [-0.3, -0.25) is 0 Å². The molecule has 0 saturated heterocycles. The van der Waals surface area contributed by atoms with Crippen LogP contribution in [0.4, 0.5) is 0 Å². The van der Waals surface area contributed by atoms with Gasteiger partial charge in [-0.05, 0) is 31.5 Å². The average Bonchev–Trinajstić information content (AvgIpc) is 2.35. The smallest absolute Gasteiger partial charge is 0.216 e. The molecule has 0 aliphatic rings. The highest BCUT2D eigenvalue weighted by molar-refractivity contribution is 6.79. The zero-order valence-corrected chi connectivity index (χ0v) is 12.4. The van der Waals surface area contributed by atoms with Gasteiger partial charge in [0.05, 0.1) is 0 Å². The van der Waals surface area contributed by atoms with Gasteiger partial charge in [0.2, 0.25) is 8.32 Å². The van der Waals surface area contributed by atoms with Crippen LogP contribution >= 0.6 is 0 Å². The summed E-state index contributed by atoms with van der Waals surface area (Å²) in [5.74, 6) is 0. The summed E-state index contributed by atoms with van der Waals surface area (Å²) in [7, 11) is -1.67. The molecule has 0 unspecified atom stereocenters. The Morgan fingerprint density at radius 2 is 1.71 bits per heavy atom. The first-order chi connectivity index (χ1) is 8.12. The molecule has 17 heavy (non-hydrogen) atoms. The number of hydrogen-bond donors (Lipinski definition) is 0. The van der Waals surface area contributed by atoms with Gasteiger partial charge in [-0.15, -0.1) is 0 Å². The summed E-state index contributed by atoms with van der Waals surface area (Å²) in [5, 5.41) is 0. The van der Waals surface area contributed by atoms with E-state index in [0.717, 1.165) is 12.1 Å². The molecule has 94 valence electrons. The number of hydrogen-bond acceptors (Lipinski definition) is 1. The normalized spacial score (nSPS) is 12.5. The highest BCUT2D eigenvalue weighted by Crippen LogP contribution is 2.21. The van der Waals surface area contributed by atoms with Gasteiger partial charge in [0.15, 0.2) is 0 Å². The van der Waals surface area contributed by atoms with Crippen molar-refractivity contribution in [1.82, 2.24) is 0 Å². The molecule has 0 atom stereocenters. The van der Waals surface area contributed by atoms with Gasteiger partial charge in [-0.25, -0.2) is 0 Å². The average molecular weight is 248 g/mol. The van der Waals surface area contributed by atoms with Gasteiger partial charge in [0.25, 0.3) is 0 Å². The minimum absolute atomic E-state index is 0.321. The lowest BCUT2D eigenvalue weighted by Gasteiger charge is -2.28. The van der Waals surface area contributed by atoms with E-state index >= 15 is 0 Å². The van der Waals surface area contributed by atoms with Crippen molar-refractivity contribution in [1.29, 1.82) is 0 Å². The molecule has 2 heteroatoms. The first-order valence-electron chi connectivity index (χ1n) is 6.54. The zero-order valence-electron chi connectivity index (χ0n) is 11.4. The Balaban J connectivity index is 2.82. The van der Waals surface area contributed by atoms with Crippen molar-refractivity contribution in [3.63, 3.8) is 0 Å². The van der Waals surface area contributed by atoms with Crippen LogP contribution in [0.15, 0.2) is 36.0 Å². The molecule has 0 radical (unpaired) electrons. The monoisotopic (exact) mass is 248 g/mol. The van der Waals surface area contributed by atoms with Gasteiger partial charge in [-0.1, -0.05) is 56.0 Å². The summed E-state index contributed by atoms with van der Waals surface area (Å²) < 4.78 is 6.21. The molecule has 0 saturated carbocycles. The first kappa shape index (κ1) is 14.2. The molecule has 1 aromatic carbocycles. The molecule has 0 fully saturated rings. The second-order valence-corrected chi connectivity index (χ2v) is 8.80. The molecule has 0 aliphatic heterocycles. The van der Waals surface area contributed by atoms with E-state index in [9.17, 15) is 0 Å². The molecule has 0 aliphatic carbocycles. The standard InChI is InChI=1S/C15H24OSi/c1-5-17(6-2,16-14(3)4)13-12-15-10-8-7-9-11-15/h7-14H,5-6H2,1-4H3. The minimum atomic E-state index is -1.67. The molecule has 0 bridgehead atoms. The molecular weight excluding hydrogens is 224 g/mol. The van der Waals surface area contributed by atoms with Crippen LogP contribution in [0.25, 0.3) is 6.08 Å². The molecular formula is C15H24OSi. The summed E-state index contributed by atoms with van der Waals surface area (Å²) in [6, 6.07) is 12.8. The Labute approximate surface area is 107 Å². The van der Waals surface area contributed by atoms with Gasteiger partial charge in [0.1, 0.15) is 0 Å². The summed E-state index contributed by atoms with van der Waals surface area (Å²) >= 11 is 0. The third-order valence-corrected chi connectivity index (χ3v) is 7.16. The highest BCUT2D eigenvalue weighted by Gasteiger charge is 2.28. The van der Waals surface area contributed by atoms with Gasteiger partial charge in [0, 0.05) is 6.10 Å². The molecule has 1 rings (SSSR count). The molecule has 1 nitrogen and oxygen atoms in total. The van der Waals surface area contributed by atoms with Gasteiger partial charge in [-0.2, -0.15) is 0 Å². The van der Waals surface area contributed by atoms with Crippen molar-refractivity contribution >= 4 is 14.4 Å². The number of rotatable bonds is 6. The Morgan fingerprint density at radius 3 is 2.18 bits per heavy atom. The molecule has 1 aromatic rings. The Morgan fingerprint density at radius 1 is 1.12 bits per heavy atom. The van der Waals surface area contributed by atoms with E-state index in [1.807, 2.05) is 6.07 Å². The van der Waals surface area contributed by atoms with Gasteiger partial charge >= 0.3 is 0 Å². The Kier molecular flexibility index (Phi) is 5.66. The fourth-order valence-electron chi connectivity index (χ4n) is 1.97. The van der Waals surface area contributed by atoms with E-state index in [1.165, 1.54) is 5.56 Å². The van der Waals surface area contributed by atoms with Crippen molar-refractivity contribution in [2.24, 2.45) is 0 Å². The quantitative estimate of drug-likeness (QED) is 0.666. The summed E-state index contributed by atoms with van der Waals surface area (Å²) in [6.45, 7) is 8.74. The topological polar surface area (TPSA) is 9.23 Å². The van der Waals surface area contributed by atoms with Gasteiger partial charge < -0.3 is 4.43 Å². The maximum absolute atomic E-state index is 6.21. The van der Waals surface area contributed by atoms with E-state index < -0.39 is 8.32 Å². The molecule has 0 N–H and O–H groups in total. The van der Waals surface area contributed by atoms with Crippen LogP contribution in [-0.2, 0) is 4.43 Å². The summed E-state index contributed by atoms with van der Waals surface area (Å²) in [6.07, 6.45) is 2.55. The van der Waals surface area contributed by atoms with Crippen LogP contribution in [0.1, 0.15) is 33.3 Å². The van der Waals surface area contributed by atoms with E-state index in [1.54, 1.807) is 0 Å². The maximum atomic E-state index is 6.21. The highest BCUT2D eigenvalue weighted by atomic mass is 28.4. The fraction of sp³-hybridized carbons (Fsp3) is 0.467. The van der Waals surface area contributed by atoms with Crippen molar-refractivity contribution in [2.45, 2.75) is 45.9 Å². The van der Waals surface area contributed by atoms with Crippen molar-refractivity contribution < 1.29 is 4.43 Å². The summed E-state index contributed by atoms with van der Waals surface area (Å²) in [5.41, 5.74) is 3.61. The third-order valence-electron chi connectivity index (χ3n) is 3.05. The molecule has 0 heterocycles. The van der Waals surface area contributed by atoms with Crippen molar-refractivity contribution in [2.75, 3.05) is 0 Å². The van der Waals surface area contributed by atoms with Crippen LogP contribution in [0.3, 0.4) is 0 Å². The molecule has 0 amide bonds. The van der Waals surface area contributed by atoms with E-state index in [4.69, 9.17) is 4.43 Å². The second-order valence-electron chi connectivity index (χ2n) is 4.68. The zero-order chi connectivity index (χ0) is 12.7. The predicted molar refractivity (Wildman–Crippen MR) is 78.4 cm³/mol. The second kappa shape index (κ2) is 6.77.